The van der Waals surface area contributed by atoms with Gasteiger partial charge < -0.3 is 4.74 Å². The Bertz CT molecular complexity index is 1180. The fourth-order valence-electron chi connectivity index (χ4n) is 3.28. The summed E-state index contributed by atoms with van der Waals surface area (Å²) >= 11 is 8.62. The van der Waals surface area contributed by atoms with Crippen LogP contribution in [0.5, 0.6) is 5.75 Å². The van der Waals surface area contributed by atoms with Crippen LogP contribution in [0.15, 0.2) is 59.1 Å². The lowest BCUT2D eigenvalue weighted by Crippen LogP contribution is -2.52. The van der Waals surface area contributed by atoms with Gasteiger partial charge in [-0.2, -0.15) is 0 Å². The minimum absolute atomic E-state index is 0.00434. The van der Waals surface area contributed by atoms with Gasteiger partial charge in [0, 0.05) is 26.2 Å². The van der Waals surface area contributed by atoms with E-state index in [-0.39, 0.29) is 23.0 Å². The summed E-state index contributed by atoms with van der Waals surface area (Å²) in [5.41, 5.74) is 2.01. The van der Waals surface area contributed by atoms with Crippen LogP contribution in [0.4, 0.5) is 5.69 Å². The van der Waals surface area contributed by atoms with Gasteiger partial charge >= 0.3 is 0 Å². The first-order chi connectivity index (χ1) is 15.6. The summed E-state index contributed by atoms with van der Waals surface area (Å²) in [4.78, 5) is 38.3. The number of halogens is 1. The molecule has 2 aromatic rings. The van der Waals surface area contributed by atoms with Gasteiger partial charge in [0.15, 0.2) is 5.11 Å². The number of ether oxygens (including phenoxy) is 1. The van der Waals surface area contributed by atoms with Gasteiger partial charge in [-0.25, -0.2) is 0 Å². The van der Waals surface area contributed by atoms with E-state index >= 15 is 0 Å². The molecule has 0 atom stereocenters. The maximum absolute atomic E-state index is 12.6. The number of likely N-dealkylation sites (N-methyl/N-ethyl adjacent to an activating group) is 2. The molecule has 1 aliphatic rings. The zero-order valence-electron chi connectivity index (χ0n) is 17.9. The molecular weight excluding hydrogens is 510 g/mol. The highest BCUT2D eigenvalue weighted by molar-refractivity contribution is 9.10. The topological polar surface area (TPSA) is 93.0 Å². The van der Waals surface area contributed by atoms with Crippen LogP contribution in [-0.2, 0) is 22.6 Å². The summed E-state index contributed by atoms with van der Waals surface area (Å²) in [6.45, 7) is 3.90. The second kappa shape index (κ2) is 10.1. The van der Waals surface area contributed by atoms with E-state index in [1.165, 1.54) is 42.1 Å². The van der Waals surface area contributed by atoms with Crippen molar-refractivity contribution in [2.45, 2.75) is 13.0 Å². The fraction of sp³-hybridized carbons (Fsp3) is 0.174. The first-order valence-electron chi connectivity index (χ1n) is 9.75. The maximum atomic E-state index is 12.6. The van der Waals surface area contributed by atoms with Crippen molar-refractivity contribution in [1.82, 2.24) is 9.80 Å². The molecule has 8 nitrogen and oxygen atoms in total. The van der Waals surface area contributed by atoms with Crippen LogP contribution in [0.1, 0.15) is 16.7 Å². The number of allylic oxidation sites excluding steroid dienone is 1. The number of amides is 2. The quantitative estimate of drug-likeness (QED) is 0.133. The van der Waals surface area contributed by atoms with Crippen molar-refractivity contribution in [1.29, 1.82) is 0 Å². The van der Waals surface area contributed by atoms with Crippen LogP contribution in [0.3, 0.4) is 0 Å². The lowest BCUT2D eigenvalue weighted by atomic mass is 10.0. The molecule has 1 fully saturated rings. The third kappa shape index (κ3) is 5.18. The van der Waals surface area contributed by atoms with Gasteiger partial charge in [-0.1, -0.05) is 18.2 Å². The summed E-state index contributed by atoms with van der Waals surface area (Å²) in [5.74, 6) is -0.411. The normalized spacial score (nSPS) is 13.9. The first kappa shape index (κ1) is 24.3. The number of nitro benzene ring substituents is 1. The van der Waals surface area contributed by atoms with Crippen molar-refractivity contribution in [3.63, 3.8) is 0 Å². The predicted octanol–water partition coefficient (Wildman–Crippen LogP) is 4.26. The van der Waals surface area contributed by atoms with E-state index < -0.39 is 16.7 Å². The number of carbonyl (C=O) groups is 2. The average Bonchev–Trinajstić information content (AvgIpc) is 2.79. The molecule has 0 aromatic heterocycles. The van der Waals surface area contributed by atoms with Crippen molar-refractivity contribution >= 4 is 56.8 Å². The molecule has 0 unspecified atom stereocenters. The highest BCUT2D eigenvalue weighted by atomic mass is 79.9. The van der Waals surface area contributed by atoms with Gasteiger partial charge in [0.05, 0.1) is 9.40 Å². The van der Waals surface area contributed by atoms with E-state index in [9.17, 15) is 19.7 Å². The number of rotatable bonds is 7. The molecule has 3 rings (SSSR count). The third-order valence-corrected chi connectivity index (χ3v) is 6.10. The number of non-ortho nitro benzene ring substituents is 1. The SMILES string of the molecule is C=CCc1cc(C=C2C(=O)N(C)C(=S)N(C)C2=O)cc(Br)c1OCc1cccc([N+](=O)[O-])c1. The number of thiocarbonyl (C=S) groups is 1. The number of benzene rings is 2. The molecule has 0 saturated carbocycles. The monoisotopic (exact) mass is 529 g/mol. The second-order valence-corrected chi connectivity index (χ2v) is 8.49. The molecule has 0 aliphatic carbocycles. The minimum Gasteiger partial charge on any atom is -0.487 e. The van der Waals surface area contributed by atoms with Gasteiger partial charge in [0.1, 0.15) is 17.9 Å². The van der Waals surface area contributed by atoms with Gasteiger partial charge in [-0.05, 0) is 69.5 Å². The Hall–Kier alpha value is -3.37. The number of hydrogen-bond donors (Lipinski definition) is 0. The highest BCUT2D eigenvalue weighted by Gasteiger charge is 2.35. The van der Waals surface area contributed by atoms with Gasteiger partial charge in [0.25, 0.3) is 17.5 Å². The molecule has 0 spiro atoms. The van der Waals surface area contributed by atoms with Gasteiger partial charge in [-0.3, -0.25) is 29.5 Å². The first-order valence-corrected chi connectivity index (χ1v) is 11.0. The zero-order chi connectivity index (χ0) is 24.3. The summed E-state index contributed by atoms with van der Waals surface area (Å²) in [6.07, 6.45) is 3.68. The molecule has 33 heavy (non-hydrogen) atoms. The lowest BCUT2D eigenvalue weighted by Gasteiger charge is -2.31. The summed E-state index contributed by atoms with van der Waals surface area (Å²) in [6, 6.07) is 9.75. The molecule has 10 heteroatoms. The predicted molar refractivity (Wildman–Crippen MR) is 132 cm³/mol. The van der Waals surface area contributed by atoms with Crippen LogP contribution in [0.25, 0.3) is 6.08 Å². The Morgan fingerprint density at radius 3 is 2.45 bits per heavy atom. The van der Waals surface area contributed by atoms with E-state index in [2.05, 4.69) is 22.5 Å². The van der Waals surface area contributed by atoms with E-state index in [1.54, 1.807) is 30.3 Å². The molecule has 0 radical (unpaired) electrons. The van der Waals surface area contributed by atoms with Gasteiger partial charge in [0.2, 0.25) is 0 Å². The van der Waals surface area contributed by atoms with Crippen LogP contribution in [0.2, 0.25) is 0 Å². The van der Waals surface area contributed by atoms with Crippen LogP contribution < -0.4 is 4.74 Å². The Morgan fingerprint density at radius 1 is 1.18 bits per heavy atom. The second-order valence-electron chi connectivity index (χ2n) is 7.27. The standard InChI is InChI=1S/C23H20BrN3O5S/c1-4-6-16-9-15(11-18-21(28)25(2)23(33)26(3)22(18)29)12-19(24)20(16)32-13-14-7-5-8-17(10-14)27(30)31/h4-5,7-12H,1,6,13H2,2-3H3. The lowest BCUT2D eigenvalue weighted by molar-refractivity contribution is -0.384. The van der Waals surface area contributed by atoms with Crippen LogP contribution in [0, 0.1) is 10.1 Å². The van der Waals surface area contributed by atoms with Crippen molar-refractivity contribution in [3.8, 4) is 5.75 Å². The zero-order valence-corrected chi connectivity index (χ0v) is 20.3. The molecule has 1 aliphatic heterocycles. The van der Waals surface area contributed by atoms with E-state index in [0.717, 1.165) is 5.56 Å². The largest absolute Gasteiger partial charge is 0.487 e. The molecule has 1 saturated heterocycles. The molecule has 1 heterocycles. The Morgan fingerprint density at radius 2 is 1.85 bits per heavy atom. The molecule has 2 aromatic carbocycles. The van der Waals surface area contributed by atoms with Crippen molar-refractivity contribution < 1.29 is 19.2 Å². The molecule has 2 amide bonds. The van der Waals surface area contributed by atoms with E-state index in [1.807, 2.05) is 0 Å². The van der Waals surface area contributed by atoms with Gasteiger partial charge in [-0.15, -0.1) is 6.58 Å². The number of nitro groups is 1. The third-order valence-electron chi connectivity index (χ3n) is 4.97. The van der Waals surface area contributed by atoms with Crippen molar-refractivity contribution in [2.24, 2.45) is 0 Å². The fourth-order valence-corrected chi connectivity index (χ4v) is 4.08. The van der Waals surface area contributed by atoms with Crippen LogP contribution in [-0.4, -0.2) is 45.7 Å². The molecule has 170 valence electrons. The van der Waals surface area contributed by atoms with Crippen LogP contribution >= 0.6 is 28.1 Å². The number of nitrogens with zero attached hydrogens (tertiary/aromatic N) is 3. The Balaban J connectivity index is 1.94. The Kier molecular flexibility index (Phi) is 7.39. The maximum Gasteiger partial charge on any atom is 0.269 e. The molecule has 0 N–H and O–H groups in total. The highest BCUT2D eigenvalue weighted by Crippen LogP contribution is 2.33. The molecular formula is C23H20BrN3O5S. The number of hydrogen-bond acceptors (Lipinski definition) is 6. The summed E-state index contributed by atoms with van der Waals surface area (Å²) in [7, 11) is 3.04. The van der Waals surface area contributed by atoms with Crippen molar-refractivity contribution in [3.05, 3.63) is 85.9 Å². The Labute approximate surface area is 204 Å². The average molecular weight is 530 g/mol. The van der Waals surface area contributed by atoms with E-state index in [0.29, 0.717) is 27.8 Å². The summed E-state index contributed by atoms with van der Waals surface area (Å²) < 4.78 is 6.58. The minimum atomic E-state index is -0.476. The number of carbonyl (C=O) groups excluding carboxylic acids is 2. The summed E-state index contributed by atoms with van der Waals surface area (Å²) in [5, 5.41) is 11.1. The van der Waals surface area contributed by atoms with Crippen molar-refractivity contribution in [2.75, 3.05) is 14.1 Å². The smallest absolute Gasteiger partial charge is 0.269 e. The molecule has 0 bridgehead atoms. The van der Waals surface area contributed by atoms with E-state index in [4.69, 9.17) is 17.0 Å².